The minimum atomic E-state index is -0.434. The first kappa shape index (κ1) is 19.0. The number of urea groups is 1. The number of methoxy groups -OCH3 is 1. The van der Waals surface area contributed by atoms with E-state index >= 15 is 0 Å². The fraction of sp³-hybridized carbons (Fsp3) is 0.300. The second-order valence-electron chi connectivity index (χ2n) is 6.41. The molecule has 3 rings (SSSR count). The number of benzene rings is 2. The number of ether oxygens (including phenoxy) is 1. The van der Waals surface area contributed by atoms with Gasteiger partial charge in [-0.05, 0) is 42.8 Å². The van der Waals surface area contributed by atoms with Gasteiger partial charge in [-0.1, -0.05) is 23.7 Å². The van der Waals surface area contributed by atoms with Crippen molar-refractivity contribution in [3.63, 3.8) is 0 Å². The number of rotatable bonds is 3. The molecule has 2 aromatic carbocycles. The predicted octanol–water partition coefficient (Wildman–Crippen LogP) is 3.79. The zero-order chi connectivity index (χ0) is 19.4. The third kappa shape index (κ3) is 4.52. The Hall–Kier alpha value is -2.73. The lowest BCUT2D eigenvalue weighted by atomic mass is 10.1. The van der Waals surface area contributed by atoms with E-state index in [1.165, 1.54) is 7.11 Å². The van der Waals surface area contributed by atoms with Crippen LogP contribution in [0.4, 0.5) is 16.2 Å². The van der Waals surface area contributed by atoms with Crippen molar-refractivity contribution in [1.29, 1.82) is 0 Å². The Morgan fingerprint density at radius 3 is 2.52 bits per heavy atom. The molecule has 0 saturated carbocycles. The molecule has 1 aliphatic rings. The lowest BCUT2D eigenvalue weighted by Crippen LogP contribution is -2.50. The minimum Gasteiger partial charge on any atom is -0.465 e. The average molecular weight is 388 g/mol. The molecule has 1 heterocycles. The lowest BCUT2D eigenvalue weighted by Gasteiger charge is -2.36. The maximum absolute atomic E-state index is 12.5. The number of esters is 1. The molecule has 0 unspecified atom stereocenters. The smallest absolute Gasteiger partial charge is 0.337 e. The van der Waals surface area contributed by atoms with Crippen molar-refractivity contribution in [2.24, 2.45) is 0 Å². The second-order valence-corrected chi connectivity index (χ2v) is 6.84. The van der Waals surface area contributed by atoms with Crippen molar-refractivity contribution in [2.75, 3.05) is 43.5 Å². The van der Waals surface area contributed by atoms with Crippen LogP contribution in [-0.4, -0.2) is 50.2 Å². The van der Waals surface area contributed by atoms with E-state index < -0.39 is 5.97 Å². The van der Waals surface area contributed by atoms with Gasteiger partial charge in [-0.3, -0.25) is 0 Å². The third-order valence-corrected chi connectivity index (χ3v) is 4.85. The number of nitrogens with one attached hydrogen (secondary N) is 1. The van der Waals surface area contributed by atoms with Crippen molar-refractivity contribution in [1.82, 2.24) is 4.90 Å². The number of anilines is 2. The Morgan fingerprint density at radius 1 is 1.07 bits per heavy atom. The fourth-order valence-electron chi connectivity index (χ4n) is 3.12. The predicted molar refractivity (Wildman–Crippen MR) is 107 cm³/mol. The maximum Gasteiger partial charge on any atom is 0.337 e. The molecule has 2 aromatic rings. The molecule has 0 aromatic heterocycles. The molecule has 0 atom stereocenters. The van der Waals surface area contributed by atoms with Crippen molar-refractivity contribution in [2.45, 2.75) is 6.92 Å². The van der Waals surface area contributed by atoms with Crippen molar-refractivity contribution in [3.8, 4) is 0 Å². The zero-order valence-corrected chi connectivity index (χ0v) is 16.1. The van der Waals surface area contributed by atoms with E-state index in [0.29, 0.717) is 29.4 Å². The number of hydrogen-bond acceptors (Lipinski definition) is 4. The minimum absolute atomic E-state index is 0.181. The number of hydrogen-bond donors (Lipinski definition) is 1. The van der Waals surface area contributed by atoms with Gasteiger partial charge in [0, 0.05) is 42.6 Å². The first-order valence-corrected chi connectivity index (χ1v) is 9.11. The van der Waals surface area contributed by atoms with E-state index in [1.54, 1.807) is 29.2 Å². The number of piperazine rings is 1. The molecule has 0 spiro atoms. The van der Waals surface area contributed by atoms with Gasteiger partial charge in [0.05, 0.1) is 12.7 Å². The van der Waals surface area contributed by atoms with Gasteiger partial charge >= 0.3 is 12.0 Å². The Kier molecular flexibility index (Phi) is 5.86. The monoisotopic (exact) mass is 387 g/mol. The molecule has 7 heteroatoms. The molecule has 1 aliphatic heterocycles. The van der Waals surface area contributed by atoms with E-state index in [0.717, 1.165) is 24.3 Å². The van der Waals surface area contributed by atoms with Gasteiger partial charge < -0.3 is 19.9 Å². The number of halogens is 1. The van der Waals surface area contributed by atoms with Crippen LogP contribution >= 0.6 is 11.6 Å². The first-order chi connectivity index (χ1) is 13.0. The highest BCUT2D eigenvalue weighted by atomic mass is 35.5. The number of amides is 2. The molecular formula is C20H22ClN3O3. The molecule has 1 N–H and O–H groups in total. The van der Waals surface area contributed by atoms with Crippen LogP contribution in [0.15, 0.2) is 42.5 Å². The highest BCUT2D eigenvalue weighted by Crippen LogP contribution is 2.25. The number of nitrogens with zero attached hydrogens (tertiary/aromatic N) is 2. The normalized spacial score (nSPS) is 14.0. The van der Waals surface area contributed by atoms with Crippen LogP contribution in [-0.2, 0) is 4.74 Å². The second kappa shape index (κ2) is 8.31. The van der Waals surface area contributed by atoms with Crippen LogP contribution in [0.1, 0.15) is 15.9 Å². The van der Waals surface area contributed by atoms with E-state index in [2.05, 4.69) is 17.1 Å². The fourth-order valence-corrected chi connectivity index (χ4v) is 3.28. The summed E-state index contributed by atoms with van der Waals surface area (Å²) < 4.78 is 4.71. The summed E-state index contributed by atoms with van der Waals surface area (Å²) in [6, 6.07) is 12.4. The van der Waals surface area contributed by atoms with E-state index in [4.69, 9.17) is 16.3 Å². The number of aryl methyl sites for hydroxylation is 1. The van der Waals surface area contributed by atoms with Crippen LogP contribution in [0.2, 0.25) is 5.02 Å². The molecular weight excluding hydrogens is 366 g/mol. The van der Waals surface area contributed by atoms with Crippen LogP contribution in [0.5, 0.6) is 0 Å². The maximum atomic E-state index is 12.5. The van der Waals surface area contributed by atoms with Crippen molar-refractivity contribution >= 4 is 35.0 Å². The Labute approximate surface area is 163 Å². The summed E-state index contributed by atoms with van der Waals surface area (Å²) in [5.41, 5.74) is 3.23. The van der Waals surface area contributed by atoms with E-state index in [-0.39, 0.29) is 6.03 Å². The summed E-state index contributed by atoms with van der Waals surface area (Å²) >= 11 is 6.12. The highest BCUT2D eigenvalue weighted by Gasteiger charge is 2.22. The largest absolute Gasteiger partial charge is 0.465 e. The molecule has 6 nitrogen and oxygen atoms in total. The summed E-state index contributed by atoms with van der Waals surface area (Å²) in [5, 5.41) is 3.56. The number of carbonyl (C=O) groups excluding carboxylic acids is 2. The van der Waals surface area contributed by atoms with Crippen LogP contribution in [0.3, 0.4) is 0 Å². The Balaban J connectivity index is 1.60. The van der Waals surface area contributed by atoms with Gasteiger partial charge in [0.1, 0.15) is 0 Å². The van der Waals surface area contributed by atoms with E-state index in [9.17, 15) is 9.59 Å². The Morgan fingerprint density at radius 2 is 1.81 bits per heavy atom. The Bertz CT molecular complexity index is 848. The van der Waals surface area contributed by atoms with Crippen LogP contribution in [0, 0.1) is 6.92 Å². The molecule has 0 bridgehead atoms. The summed E-state index contributed by atoms with van der Waals surface area (Å²) in [4.78, 5) is 28.2. The van der Waals surface area contributed by atoms with Gasteiger partial charge in [-0.25, -0.2) is 9.59 Å². The van der Waals surface area contributed by atoms with Crippen LogP contribution < -0.4 is 10.2 Å². The topological polar surface area (TPSA) is 61.9 Å². The molecule has 1 fully saturated rings. The van der Waals surface area contributed by atoms with Crippen LogP contribution in [0.25, 0.3) is 0 Å². The molecule has 142 valence electrons. The van der Waals surface area contributed by atoms with Gasteiger partial charge in [-0.2, -0.15) is 0 Å². The van der Waals surface area contributed by atoms with Crippen molar-refractivity contribution in [3.05, 3.63) is 58.6 Å². The van der Waals surface area contributed by atoms with E-state index in [1.807, 2.05) is 18.2 Å². The van der Waals surface area contributed by atoms with Crippen molar-refractivity contribution < 1.29 is 14.3 Å². The molecule has 0 radical (unpaired) electrons. The lowest BCUT2D eigenvalue weighted by molar-refractivity contribution is 0.0600. The van der Waals surface area contributed by atoms with Gasteiger partial charge in [0.25, 0.3) is 0 Å². The number of carbonyl (C=O) groups is 2. The quantitative estimate of drug-likeness (QED) is 0.814. The summed E-state index contributed by atoms with van der Waals surface area (Å²) in [7, 11) is 1.33. The molecule has 0 aliphatic carbocycles. The molecule has 1 saturated heterocycles. The summed E-state index contributed by atoms with van der Waals surface area (Å²) in [5.74, 6) is -0.434. The third-order valence-electron chi connectivity index (χ3n) is 4.61. The van der Waals surface area contributed by atoms with Gasteiger partial charge in [-0.15, -0.1) is 0 Å². The average Bonchev–Trinajstić information content (AvgIpc) is 2.69. The summed E-state index contributed by atoms with van der Waals surface area (Å²) in [6.45, 7) is 4.73. The molecule has 2 amide bonds. The highest BCUT2D eigenvalue weighted by molar-refractivity contribution is 6.30. The first-order valence-electron chi connectivity index (χ1n) is 8.73. The van der Waals surface area contributed by atoms with Gasteiger partial charge in [0.2, 0.25) is 0 Å². The zero-order valence-electron chi connectivity index (χ0n) is 15.4. The van der Waals surface area contributed by atoms with Gasteiger partial charge in [0.15, 0.2) is 0 Å². The standard InChI is InChI=1S/C20H22ClN3O3/c1-14-6-7-16(21)13-18(14)23-8-10-24(11-9-23)20(26)22-17-5-3-4-15(12-17)19(25)27-2/h3-7,12-13H,8-11H2,1-2H3,(H,22,26). The molecule has 27 heavy (non-hydrogen) atoms. The SMILES string of the molecule is COC(=O)c1cccc(NC(=O)N2CCN(c3cc(Cl)ccc3C)CC2)c1. The summed E-state index contributed by atoms with van der Waals surface area (Å²) in [6.07, 6.45) is 0.